The number of aromatic nitrogens is 1. The van der Waals surface area contributed by atoms with Crippen molar-refractivity contribution in [1.82, 2.24) is 10.3 Å². The highest BCUT2D eigenvalue weighted by molar-refractivity contribution is 7.80. The first-order chi connectivity index (χ1) is 18.0. The Morgan fingerprint density at radius 3 is 2.62 bits per heavy atom. The Bertz CT molecular complexity index is 1420. The first kappa shape index (κ1) is 24.3. The maximum atomic E-state index is 11.2. The lowest BCUT2D eigenvalue weighted by Gasteiger charge is -2.26. The second kappa shape index (κ2) is 10.3. The van der Waals surface area contributed by atoms with Crippen molar-refractivity contribution in [3.8, 4) is 22.8 Å². The van der Waals surface area contributed by atoms with Crippen LogP contribution in [0.1, 0.15) is 30.5 Å². The molecular formula is C27H24N4O5S. The maximum absolute atomic E-state index is 11.2. The van der Waals surface area contributed by atoms with Crippen LogP contribution < -0.4 is 19.7 Å². The van der Waals surface area contributed by atoms with Crippen molar-refractivity contribution in [2.75, 3.05) is 18.6 Å². The third-order valence-electron chi connectivity index (χ3n) is 6.10. The second-order valence-corrected chi connectivity index (χ2v) is 8.65. The molecule has 37 heavy (non-hydrogen) atoms. The molecule has 2 aromatic carbocycles. The molecule has 0 bridgehead atoms. The number of thiocarbonyl (C=S) groups is 1. The van der Waals surface area contributed by atoms with Crippen LogP contribution in [0.2, 0.25) is 0 Å². The average molecular weight is 517 g/mol. The number of nitrogens with one attached hydrogen (secondary N) is 1. The number of hydrogen-bond donors (Lipinski definition) is 1. The molecule has 0 aliphatic carbocycles. The number of ether oxygens (including phenoxy) is 2. The highest BCUT2D eigenvalue weighted by Gasteiger charge is 2.42. The van der Waals surface area contributed by atoms with Gasteiger partial charge < -0.3 is 24.1 Å². The van der Waals surface area contributed by atoms with Crippen LogP contribution in [0.3, 0.4) is 0 Å². The van der Waals surface area contributed by atoms with E-state index in [4.69, 9.17) is 26.1 Å². The number of pyridine rings is 1. The lowest BCUT2D eigenvalue weighted by molar-refractivity contribution is -0.384. The number of non-ortho nitro benzene ring substituents is 1. The van der Waals surface area contributed by atoms with Crippen molar-refractivity contribution in [2.45, 2.75) is 19.0 Å². The Hall–Kier alpha value is -4.44. The molecule has 9 nitrogen and oxygen atoms in total. The van der Waals surface area contributed by atoms with Crippen LogP contribution in [0, 0.1) is 10.1 Å². The van der Waals surface area contributed by atoms with Crippen molar-refractivity contribution in [2.24, 2.45) is 0 Å². The summed E-state index contributed by atoms with van der Waals surface area (Å²) >= 11 is 5.77. The van der Waals surface area contributed by atoms with Gasteiger partial charge >= 0.3 is 0 Å². The van der Waals surface area contributed by atoms with Crippen LogP contribution in [-0.2, 0) is 0 Å². The maximum Gasteiger partial charge on any atom is 0.273 e. The van der Waals surface area contributed by atoms with E-state index in [1.165, 1.54) is 19.2 Å². The van der Waals surface area contributed by atoms with Crippen molar-refractivity contribution in [1.29, 1.82) is 0 Å². The largest absolute Gasteiger partial charge is 0.496 e. The van der Waals surface area contributed by atoms with Crippen molar-refractivity contribution in [3.05, 3.63) is 101 Å². The second-order valence-electron chi connectivity index (χ2n) is 8.27. The van der Waals surface area contributed by atoms with E-state index in [-0.39, 0.29) is 17.8 Å². The molecule has 5 rings (SSSR count). The zero-order valence-electron chi connectivity index (χ0n) is 20.2. The molecule has 2 aromatic heterocycles. The molecule has 1 aliphatic rings. The molecule has 1 fully saturated rings. The minimum absolute atomic E-state index is 0.0605. The van der Waals surface area contributed by atoms with E-state index in [0.717, 1.165) is 17.1 Å². The van der Waals surface area contributed by atoms with Gasteiger partial charge in [0.1, 0.15) is 29.1 Å². The summed E-state index contributed by atoms with van der Waals surface area (Å²) in [6, 6.07) is 21.0. The monoisotopic (exact) mass is 516 g/mol. The summed E-state index contributed by atoms with van der Waals surface area (Å²) in [5.74, 6) is 2.28. The van der Waals surface area contributed by atoms with Crippen LogP contribution in [0.25, 0.3) is 11.3 Å². The van der Waals surface area contributed by atoms with Crippen LogP contribution in [-0.4, -0.2) is 28.7 Å². The fourth-order valence-corrected chi connectivity index (χ4v) is 4.79. The van der Waals surface area contributed by atoms with Crippen molar-refractivity contribution < 1.29 is 18.8 Å². The van der Waals surface area contributed by atoms with Gasteiger partial charge in [-0.15, -0.1) is 0 Å². The van der Waals surface area contributed by atoms with Gasteiger partial charge in [-0.3, -0.25) is 15.1 Å². The Balaban J connectivity index is 1.57. The molecule has 1 saturated heterocycles. The summed E-state index contributed by atoms with van der Waals surface area (Å²) in [7, 11) is 1.47. The van der Waals surface area contributed by atoms with E-state index in [2.05, 4.69) is 10.3 Å². The van der Waals surface area contributed by atoms with Crippen molar-refractivity contribution >= 4 is 28.7 Å². The summed E-state index contributed by atoms with van der Waals surface area (Å²) in [4.78, 5) is 17.3. The van der Waals surface area contributed by atoms with Gasteiger partial charge in [-0.05, 0) is 73.7 Å². The van der Waals surface area contributed by atoms with E-state index < -0.39 is 4.92 Å². The zero-order chi connectivity index (χ0) is 25.9. The van der Waals surface area contributed by atoms with E-state index in [1.54, 1.807) is 12.3 Å². The number of anilines is 1. The molecule has 1 N–H and O–H groups in total. The number of benzene rings is 2. The van der Waals surface area contributed by atoms with Crippen molar-refractivity contribution in [3.63, 3.8) is 0 Å². The predicted octanol–water partition coefficient (Wildman–Crippen LogP) is 5.83. The Morgan fingerprint density at radius 1 is 1.14 bits per heavy atom. The summed E-state index contributed by atoms with van der Waals surface area (Å²) in [5, 5.41) is 15.2. The van der Waals surface area contributed by atoms with E-state index >= 15 is 0 Å². The van der Waals surface area contributed by atoms with E-state index in [0.29, 0.717) is 34.6 Å². The summed E-state index contributed by atoms with van der Waals surface area (Å²) in [5.41, 5.74) is 2.23. The highest BCUT2D eigenvalue weighted by atomic mass is 32.1. The third kappa shape index (κ3) is 4.70. The lowest BCUT2D eigenvalue weighted by Crippen LogP contribution is -2.29. The number of nitro groups is 1. The quantitative estimate of drug-likeness (QED) is 0.176. The van der Waals surface area contributed by atoms with Gasteiger partial charge in [0.15, 0.2) is 5.11 Å². The summed E-state index contributed by atoms with van der Waals surface area (Å²) < 4.78 is 17.4. The number of rotatable bonds is 8. The normalized spacial score (nSPS) is 16.9. The Labute approximate surface area is 218 Å². The van der Waals surface area contributed by atoms with Crippen LogP contribution >= 0.6 is 12.2 Å². The molecule has 0 spiro atoms. The molecule has 0 unspecified atom stereocenters. The van der Waals surface area contributed by atoms with Gasteiger partial charge in [-0.2, -0.15) is 0 Å². The zero-order valence-corrected chi connectivity index (χ0v) is 21.0. The number of nitro benzene ring substituents is 1. The fraction of sp³-hybridized carbons (Fsp3) is 0.185. The highest BCUT2D eigenvalue weighted by Crippen LogP contribution is 2.44. The van der Waals surface area contributed by atoms with Gasteiger partial charge in [0.25, 0.3) is 5.69 Å². The van der Waals surface area contributed by atoms with Gasteiger partial charge in [0, 0.05) is 18.0 Å². The van der Waals surface area contributed by atoms with Crippen LogP contribution in [0.5, 0.6) is 11.5 Å². The molecule has 10 heteroatoms. The van der Waals surface area contributed by atoms with E-state index in [1.807, 2.05) is 66.4 Å². The smallest absolute Gasteiger partial charge is 0.273 e. The van der Waals surface area contributed by atoms with Gasteiger partial charge in [-0.1, -0.05) is 6.07 Å². The summed E-state index contributed by atoms with van der Waals surface area (Å²) in [6.45, 7) is 2.52. The average Bonchev–Trinajstić information content (AvgIpc) is 3.54. The molecule has 4 aromatic rings. The standard InChI is InChI=1S/C27H24N4O5S/c1-3-35-19-10-7-17(8-11-19)30-26(25(29-27(30)37)21-6-4-5-15-28-21)23-14-13-22(36-23)20-12-9-18(31(32)33)16-24(20)34-2/h4-16,25-26H,3H2,1-2H3,(H,29,37)/t25-,26+/m1/s1. The Kier molecular flexibility index (Phi) is 6.74. The predicted molar refractivity (Wildman–Crippen MR) is 143 cm³/mol. The topological polar surface area (TPSA) is 103 Å². The summed E-state index contributed by atoms with van der Waals surface area (Å²) in [6.07, 6.45) is 1.74. The number of methoxy groups -OCH3 is 1. The molecule has 0 radical (unpaired) electrons. The van der Waals surface area contributed by atoms with E-state index in [9.17, 15) is 10.1 Å². The Morgan fingerprint density at radius 2 is 1.95 bits per heavy atom. The number of nitrogens with zero attached hydrogens (tertiary/aromatic N) is 3. The van der Waals surface area contributed by atoms with Gasteiger partial charge in [-0.25, -0.2) is 0 Å². The molecule has 0 saturated carbocycles. The lowest BCUT2D eigenvalue weighted by atomic mass is 10.0. The fourth-order valence-electron chi connectivity index (χ4n) is 4.45. The molecular weight excluding hydrogens is 492 g/mol. The number of furan rings is 1. The van der Waals surface area contributed by atoms with Crippen LogP contribution in [0.15, 0.2) is 83.4 Å². The molecule has 3 heterocycles. The molecule has 188 valence electrons. The van der Waals surface area contributed by atoms with Crippen LogP contribution in [0.4, 0.5) is 11.4 Å². The molecule has 2 atom stereocenters. The first-order valence-electron chi connectivity index (χ1n) is 11.7. The first-order valence-corrected chi connectivity index (χ1v) is 12.1. The minimum atomic E-state index is -0.461. The minimum Gasteiger partial charge on any atom is -0.496 e. The van der Waals surface area contributed by atoms with Gasteiger partial charge in [0.05, 0.1) is 42.0 Å². The SMILES string of the molecule is CCOc1ccc(N2C(=S)N[C@H](c3ccccn3)[C@@H]2c2ccc(-c3ccc([N+](=O)[O-])cc3OC)o2)cc1. The van der Waals surface area contributed by atoms with Gasteiger partial charge in [0.2, 0.25) is 0 Å². The molecule has 1 aliphatic heterocycles. The number of hydrogen-bond acceptors (Lipinski definition) is 7. The third-order valence-corrected chi connectivity index (χ3v) is 6.42. The molecule has 0 amide bonds.